The molecule has 0 saturated carbocycles. The molecule has 1 aliphatic heterocycles. The largest absolute Gasteiger partial charge is 0.484 e. The third-order valence-electron chi connectivity index (χ3n) is 5.64. The average Bonchev–Trinajstić information content (AvgIpc) is 3.23. The second kappa shape index (κ2) is 8.51. The first kappa shape index (κ1) is 21.6. The number of carbonyl (C=O) groups excluding carboxylic acids is 1. The molecular weight excluding hydrogens is 433 g/mol. The van der Waals surface area contributed by atoms with E-state index in [2.05, 4.69) is 0 Å². The van der Waals surface area contributed by atoms with Gasteiger partial charge in [0.1, 0.15) is 10.6 Å². The molecule has 1 aliphatic carbocycles. The van der Waals surface area contributed by atoms with E-state index in [1.54, 1.807) is 0 Å². The minimum absolute atomic E-state index is 0.0803. The lowest BCUT2D eigenvalue weighted by Crippen LogP contribution is -2.51. The average molecular weight is 454 g/mol. The van der Waals surface area contributed by atoms with Gasteiger partial charge in [-0.1, -0.05) is 6.07 Å². The second-order valence-electron chi connectivity index (χ2n) is 7.53. The topological polar surface area (TPSA) is 66.9 Å². The number of aryl methyl sites for hydroxylation is 2. The van der Waals surface area contributed by atoms with E-state index in [0.717, 1.165) is 23.6 Å². The molecule has 166 valence electrons. The quantitative estimate of drug-likeness (QED) is 0.652. The maximum absolute atomic E-state index is 14.0. The molecule has 0 aromatic heterocycles. The summed E-state index contributed by atoms with van der Waals surface area (Å²) in [6.45, 7) is -0.201. The van der Waals surface area contributed by atoms with E-state index in [9.17, 15) is 26.4 Å². The molecule has 0 spiro atoms. The standard InChI is InChI=1S/C21H21F3N2O4S/c22-17-6-7-18(21(24)20(17)23)31(28,29)26-10-8-25(9-11-26)19(27)13-30-16-5-4-14-2-1-3-15(14)12-16/h4-7,12H,1-3,8-11,13H2. The maximum atomic E-state index is 14.0. The van der Waals surface area contributed by atoms with Gasteiger partial charge in [0, 0.05) is 26.2 Å². The first-order valence-electron chi connectivity index (χ1n) is 9.93. The smallest absolute Gasteiger partial charge is 0.260 e. The van der Waals surface area contributed by atoms with Crippen LogP contribution < -0.4 is 4.74 Å². The van der Waals surface area contributed by atoms with Crippen LogP contribution in [0, 0.1) is 17.5 Å². The molecule has 10 heteroatoms. The van der Waals surface area contributed by atoms with E-state index in [0.29, 0.717) is 17.9 Å². The third kappa shape index (κ3) is 4.27. The Bertz CT molecular complexity index is 1120. The molecule has 31 heavy (non-hydrogen) atoms. The number of hydrogen-bond donors (Lipinski definition) is 0. The molecule has 0 N–H and O–H groups in total. The molecule has 4 rings (SSSR count). The van der Waals surface area contributed by atoms with Crippen molar-refractivity contribution in [3.63, 3.8) is 0 Å². The van der Waals surface area contributed by atoms with E-state index in [4.69, 9.17) is 4.74 Å². The number of amides is 1. The molecule has 6 nitrogen and oxygen atoms in total. The molecule has 0 radical (unpaired) electrons. The molecule has 0 bridgehead atoms. The number of halogens is 3. The minimum Gasteiger partial charge on any atom is -0.484 e. The van der Waals surface area contributed by atoms with Crippen molar-refractivity contribution >= 4 is 15.9 Å². The zero-order chi connectivity index (χ0) is 22.2. The van der Waals surface area contributed by atoms with Crippen LogP contribution in [-0.2, 0) is 27.7 Å². The fourth-order valence-electron chi connectivity index (χ4n) is 3.90. The van der Waals surface area contributed by atoms with Crippen molar-refractivity contribution in [2.24, 2.45) is 0 Å². The fraction of sp³-hybridized carbons (Fsp3) is 0.381. The van der Waals surface area contributed by atoms with Gasteiger partial charge in [-0.2, -0.15) is 4.31 Å². The van der Waals surface area contributed by atoms with Crippen LogP contribution in [0.25, 0.3) is 0 Å². The SMILES string of the molecule is O=C(COc1ccc2c(c1)CCC2)N1CCN(S(=O)(=O)c2ccc(F)c(F)c2F)CC1. The summed E-state index contributed by atoms with van der Waals surface area (Å²) in [6.07, 6.45) is 3.16. The summed E-state index contributed by atoms with van der Waals surface area (Å²) in [6, 6.07) is 7.05. The van der Waals surface area contributed by atoms with Crippen LogP contribution in [-0.4, -0.2) is 56.3 Å². The highest BCUT2D eigenvalue weighted by Crippen LogP contribution is 2.26. The van der Waals surface area contributed by atoms with Gasteiger partial charge in [0.05, 0.1) is 0 Å². The zero-order valence-corrected chi connectivity index (χ0v) is 17.4. The van der Waals surface area contributed by atoms with Crippen LogP contribution in [0.3, 0.4) is 0 Å². The van der Waals surface area contributed by atoms with Crippen LogP contribution in [0.5, 0.6) is 5.75 Å². The van der Waals surface area contributed by atoms with Crippen molar-refractivity contribution in [2.75, 3.05) is 32.8 Å². The molecule has 2 aromatic rings. The van der Waals surface area contributed by atoms with Gasteiger partial charge >= 0.3 is 0 Å². The fourth-order valence-corrected chi connectivity index (χ4v) is 5.38. The molecule has 2 aliphatic rings. The lowest BCUT2D eigenvalue weighted by atomic mass is 10.1. The number of benzene rings is 2. The molecule has 2 aromatic carbocycles. The summed E-state index contributed by atoms with van der Waals surface area (Å²) in [7, 11) is -4.36. The molecule has 1 amide bonds. The Balaban J connectivity index is 1.35. The summed E-state index contributed by atoms with van der Waals surface area (Å²) in [5.74, 6) is -4.73. The number of rotatable bonds is 5. The molecule has 0 unspecified atom stereocenters. The van der Waals surface area contributed by atoms with E-state index in [1.165, 1.54) is 16.0 Å². The Labute approximate surface area is 178 Å². The van der Waals surface area contributed by atoms with Gasteiger partial charge in [-0.15, -0.1) is 0 Å². The van der Waals surface area contributed by atoms with Gasteiger partial charge in [-0.3, -0.25) is 4.79 Å². The first-order chi connectivity index (χ1) is 14.8. The number of nitrogens with zero attached hydrogens (tertiary/aromatic N) is 2. The summed E-state index contributed by atoms with van der Waals surface area (Å²) in [5.41, 5.74) is 2.53. The van der Waals surface area contributed by atoms with E-state index in [-0.39, 0.29) is 38.7 Å². The first-order valence-corrected chi connectivity index (χ1v) is 11.4. The monoisotopic (exact) mass is 454 g/mol. The van der Waals surface area contributed by atoms with Crippen LogP contribution >= 0.6 is 0 Å². The van der Waals surface area contributed by atoms with Crippen LogP contribution in [0.2, 0.25) is 0 Å². The van der Waals surface area contributed by atoms with Crippen molar-refractivity contribution in [2.45, 2.75) is 24.2 Å². The Morgan fingerprint density at radius 3 is 2.39 bits per heavy atom. The Hall–Kier alpha value is -2.59. The van der Waals surface area contributed by atoms with Crippen molar-refractivity contribution in [1.82, 2.24) is 9.21 Å². The lowest BCUT2D eigenvalue weighted by molar-refractivity contribution is -0.134. The molecule has 0 atom stereocenters. The Morgan fingerprint density at radius 2 is 1.65 bits per heavy atom. The van der Waals surface area contributed by atoms with Gasteiger partial charge in [0.25, 0.3) is 5.91 Å². The van der Waals surface area contributed by atoms with E-state index < -0.39 is 32.4 Å². The molecule has 1 saturated heterocycles. The van der Waals surface area contributed by atoms with E-state index >= 15 is 0 Å². The van der Waals surface area contributed by atoms with E-state index in [1.807, 2.05) is 18.2 Å². The highest BCUT2D eigenvalue weighted by molar-refractivity contribution is 7.89. The molecule has 1 heterocycles. The number of hydrogen-bond acceptors (Lipinski definition) is 4. The molecule has 1 fully saturated rings. The summed E-state index contributed by atoms with van der Waals surface area (Å²) in [5, 5.41) is 0. The summed E-state index contributed by atoms with van der Waals surface area (Å²) >= 11 is 0. The van der Waals surface area contributed by atoms with Gasteiger partial charge in [0.2, 0.25) is 10.0 Å². The van der Waals surface area contributed by atoms with Crippen LogP contribution in [0.15, 0.2) is 35.2 Å². The lowest BCUT2D eigenvalue weighted by Gasteiger charge is -2.34. The summed E-state index contributed by atoms with van der Waals surface area (Å²) < 4.78 is 72.3. The second-order valence-corrected chi connectivity index (χ2v) is 9.44. The van der Waals surface area contributed by atoms with Gasteiger partial charge in [0.15, 0.2) is 24.1 Å². The number of fused-ring (bicyclic) bond motifs is 1. The normalized spacial score (nSPS) is 16.9. The minimum atomic E-state index is -4.36. The number of piperazine rings is 1. The highest BCUT2D eigenvalue weighted by Gasteiger charge is 2.33. The van der Waals surface area contributed by atoms with Crippen molar-refractivity contribution in [3.05, 3.63) is 58.9 Å². The Kier molecular flexibility index (Phi) is 5.94. The maximum Gasteiger partial charge on any atom is 0.260 e. The van der Waals surface area contributed by atoms with Crippen LogP contribution in [0.4, 0.5) is 13.2 Å². The van der Waals surface area contributed by atoms with Crippen molar-refractivity contribution in [1.29, 1.82) is 0 Å². The van der Waals surface area contributed by atoms with Crippen molar-refractivity contribution < 1.29 is 31.1 Å². The summed E-state index contributed by atoms with van der Waals surface area (Å²) in [4.78, 5) is 13.0. The number of carbonyl (C=O) groups is 1. The van der Waals surface area contributed by atoms with Gasteiger partial charge in [-0.25, -0.2) is 21.6 Å². The third-order valence-corrected chi connectivity index (χ3v) is 7.56. The zero-order valence-electron chi connectivity index (χ0n) is 16.6. The Morgan fingerprint density at radius 1 is 0.935 bits per heavy atom. The number of sulfonamides is 1. The van der Waals surface area contributed by atoms with Crippen molar-refractivity contribution in [3.8, 4) is 5.75 Å². The predicted octanol–water partition coefficient (Wildman–Crippen LogP) is 2.50. The highest BCUT2D eigenvalue weighted by atomic mass is 32.2. The number of ether oxygens (including phenoxy) is 1. The van der Waals surface area contributed by atoms with Crippen LogP contribution in [0.1, 0.15) is 17.5 Å². The molecular formula is C21H21F3N2O4S. The predicted molar refractivity (Wildman–Crippen MR) is 106 cm³/mol. The van der Waals surface area contributed by atoms with Gasteiger partial charge < -0.3 is 9.64 Å². The van der Waals surface area contributed by atoms with Gasteiger partial charge in [-0.05, 0) is 54.7 Å².